The van der Waals surface area contributed by atoms with Crippen LogP contribution in [0.15, 0.2) is 30.5 Å². The smallest absolute Gasteiger partial charge is 0.417 e. The van der Waals surface area contributed by atoms with Crippen LogP contribution in [0.1, 0.15) is 25.3 Å². The lowest BCUT2D eigenvalue weighted by molar-refractivity contribution is -0.272. The van der Waals surface area contributed by atoms with E-state index in [9.17, 15) is 26.7 Å². The number of alkyl halides is 3. The molecular weight excluding hydrogens is 479 g/mol. The highest BCUT2D eigenvalue weighted by Gasteiger charge is 2.65. The number of pyridine rings is 1. The van der Waals surface area contributed by atoms with Crippen molar-refractivity contribution in [2.75, 3.05) is 12.4 Å². The minimum atomic E-state index is -4.87. The summed E-state index contributed by atoms with van der Waals surface area (Å²) in [6.07, 6.45) is -5.26. The molecule has 3 heterocycles. The summed E-state index contributed by atoms with van der Waals surface area (Å²) in [6.45, 7) is 2.04. The molecule has 9 nitrogen and oxygen atoms in total. The molecule has 1 amide bonds. The Balaban J connectivity index is 1.73. The molecule has 0 aliphatic carbocycles. The van der Waals surface area contributed by atoms with Crippen molar-refractivity contribution in [1.29, 1.82) is 0 Å². The van der Waals surface area contributed by atoms with Crippen LogP contribution < -0.4 is 10.1 Å². The van der Waals surface area contributed by atoms with E-state index in [0.29, 0.717) is 0 Å². The molecule has 14 heteroatoms. The molecule has 2 N–H and O–H groups in total. The highest BCUT2D eigenvalue weighted by Crippen LogP contribution is 2.55. The van der Waals surface area contributed by atoms with Crippen molar-refractivity contribution in [2.45, 2.75) is 37.6 Å². The summed E-state index contributed by atoms with van der Waals surface area (Å²) < 4.78 is 80.6. The summed E-state index contributed by atoms with van der Waals surface area (Å²) in [7, 11) is 1.05. The second kappa shape index (κ2) is 8.83. The van der Waals surface area contributed by atoms with Gasteiger partial charge < -0.3 is 14.8 Å². The monoisotopic (exact) mass is 498 g/mol. The van der Waals surface area contributed by atoms with E-state index in [1.165, 1.54) is 25.3 Å². The first-order chi connectivity index (χ1) is 16.5. The molecular formula is C21H19F5N6O3. The molecule has 186 valence electrons. The fraction of sp³-hybridized carbons (Fsp3) is 0.381. The number of hydrogen-bond acceptors (Lipinski definition) is 7. The number of tetrazole rings is 1. The number of nitrogens with zero attached hydrogens (tertiary/aromatic N) is 4. The second-order valence-corrected chi connectivity index (χ2v) is 8.10. The van der Waals surface area contributed by atoms with Crippen LogP contribution >= 0.6 is 0 Å². The summed E-state index contributed by atoms with van der Waals surface area (Å²) >= 11 is 0. The van der Waals surface area contributed by atoms with Gasteiger partial charge in [0, 0.05) is 29.3 Å². The quantitative estimate of drug-likeness (QED) is 0.517. The molecule has 0 saturated carbocycles. The first-order valence-electron chi connectivity index (χ1n) is 10.2. The maximum atomic E-state index is 14.4. The largest absolute Gasteiger partial charge is 0.493 e. The van der Waals surface area contributed by atoms with Gasteiger partial charge in [0.15, 0.2) is 17.2 Å². The van der Waals surface area contributed by atoms with Crippen molar-refractivity contribution in [1.82, 2.24) is 25.6 Å². The predicted molar refractivity (Wildman–Crippen MR) is 110 cm³/mol. The number of amides is 1. The summed E-state index contributed by atoms with van der Waals surface area (Å²) in [6, 6.07) is 4.64. The Kier molecular flexibility index (Phi) is 6.17. The zero-order valence-electron chi connectivity index (χ0n) is 18.5. The number of hydrogen-bond donors (Lipinski definition) is 2. The van der Waals surface area contributed by atoms with E-state index in [4.69, 9.17) is 9.47 Å². The first-order valence-corrected chi connectivity index (χ1v) is 10.2. The molecule has 0 spiro atoms. The molecule has 0 bridgehead atoms. The van der Waals surface area contributed by atoms with Crippen molar-refractivity contribution in [3.63, 3.8) is 0 Å². The Bertz CT molecular complexity index is 1240. The number of carbonyl (C=O) groups excluding carboxylic acids is 1. The standard InChI is InChI=1S/C21H19F5N6O3/c1-9-14(11-4-5-12(22)15(23)16(11)34-3)17(35-20(9,2)21(24,25)26)19(33)28-10-6-7-27-13(8-10)18-29-31-32-30-18/h4-9,14,17H,1-3H3,(H,27,28,33)(H,29,30,31,32). The van der Waals surface area contributed by atoms with Crippen LogP contribution in [0.25, 0.3) is 11.5 Å². The molecule has 4 rings (SSSR count). The molecule has 1 aliphatic rings. The third-order valence-corrected chi connectivity index (χ3v) is 6.17. The molecule has 35 heavy (non-hydrogen) atoms. The lowest BCUT2D eigenvalue weighted by Gasteiger charge is -2.32. The van der Waals surface area contributed by atoms with Crippen LogP contribution in [-0.2, 0) is 9.53 Å². The number of anilines is 1. The Morgan fingerprint density at radius 2 is 2.00 bits per heavy atom. The number of methoxy groups -OCH3 is 1. The molecule has 4 unspecified atom stereocenters. The minimum Gasteiger partial charge on any atom is -0.493 e. The molecule has 0 radical (unpaired) electrons. The Morgan fingerprint density at radius 1 is 1.26 bits per heavy atom. The average Bonchev–Trinajstić information content (AvgIpc) is 3.43. The van der Waals surface area contributed by atoms with Crippen molar-refractivity contribution in [3.05, 3.63) is 47.7 Å². The molecule has 3 aromatic rings. The van der Waals surface area contributed by atoms with E-state index in [1.807, 2.05) is 0 Å². The summed E-state index contributed by atoms with van der Waals surface area (Å²) in [5, 5.41) is 15.7. The van der Waals surface area contributed by atoms with Gasteiger partial charge in [-0.2, -0.15) is 22.8 Å². The van der Waals surface area contributed by atoms with Gasteiger partial charge in [-0.1, -0.05) is 13.0 Å². The van der Waals surface area contributed by atoms with Gasteiger partial charge in [0.05, 0.1) is 7.11 Å². The summed E-state index contributed by atoms with van der Waals surface area (Å²) in [5.74, 6) is -6.74. The average molecular weight is 498 g/mol. The molecule has 4 atom stereocenters. The normalized spacial score (nSPS) is 24.4. The van der Waals surface area contributed by atoms with Gasteiger partial charge in [-0.05, 0) is 30.3 Å². The molecule has 1 aromatic carbocycles. The Hall–Kier alpha value is -3.68. The van der Waals surface area contributed by atoms with Gasteiger partial charge in [-0.3, -0.25) is 9.78 Å². The van der Waals surface area contributed by atoms with Crippen LogP contribution in [0.4, 0.5) is 27.6 Å². The van der Waals surface area contributed by atoms with Crippen molar-refractivity contribution >= 4 is 11.6 Å². The maximum absolute atomic E-state index is 14.4. The number of H-pyrrole nitrogens is 1. The van der Waals surface area contributed by atoms with Gasteiger partial charge in [-0.15, -0.1) is 10.2 Å². The van der Waals surface area contributed by atoms with Crippen LogP contribution in [0.5, 0.6) is 5.75 Å². The van der Waals surface area contributed by atoms with E-state index >= 15 is 0 Å². The van der Waals surface area contributed by atoms with Crippen molar-refractivity contribution in [2.24, 2.45) is 5.92 Å². The third kappa shape index (κ3) is 4.17. The lowest BCUT2D eigenvalue weighted by Crippen LogP contribution is -2.47. The Morgan fingerprint density at radius 3 is 2.63 bits per heavy atom. The van der Waals surface area contributed by atoms with Gasteiger partial charge >= 0.3 is 6.18 Å². The molecule has 1 fully saturated rings. The molecule has 1 saturated heterocycles. The highest BCUT2D eigenvalue weighted by molar-refractivity contribution is 5.95. The summed E-state index contributed by atoms with van der Waals surface area (Å²) in [5.41, 5.74) is -2.49. The number of benzene rings is 1. The molecule has 2 aromatic heterocycles. The van der Waals surface area contributed by atoms with E-state index in [-0.39, 0.29) is 22.8 Å². The number of aromatic nitrogens is 5. The minimum absolute atomic E-state index is 0.126. The van der Waals surface area contributed by atoms with Crippen LogP contribution in [0.2, 0.25) is 0 Å². The third-order valence-electron chi connectivity index (χ3n) is 6.17. The van der Waals surface area contributed by atoms with Crippen LogP contribution in [-0.4, -0.2) is 56.5 Å². The van der Waals surface area contributed by atoms with Crippen molar-refractivity contribution in [3.8, 4) is 17.3 Å². The van der Waals surface area contributed by atoms with Gasteiger partial charge in [0.2, 0.25) is 11.6 Å². The van der Waals surface area contributed by atoms with Crippen molar-refractivity contribution < 1.29 is 36.2 Å². The summed E-state index contributed by atoms with van der Waals surface area (Å²) in [4.78, 5) is 17.3. The van der Waals surface area contributed by atoms with Gasteiger partial charge in [-0.25, -0.2) is 4.39 Å². The molecule has 1 aliphatic heterocycles. The number of rotatable bonds is 5. The van der Waals surface area contributed by atoms with E-state index in [0.717, 1.165) is 26.2 Å². The van der Waals surface area contributed by atoms with Gasteiger partial charge in [0.1, 0.15) is 11.8 Å². The first kappa shape index (κ1) is 24.4. The SMILES string of the molecule is COc1c(C2C(C(=O)Nc3ccnc(-c4nn[nH]n4)c3)OC(C)(C(F)(F)F)C2C)ccc(F)c1F. The number of ether oxygens (including phenoxy) is 2. The van der Waals surface area contributed by atoms with Crippen LogP contribution in [0.3, 0.4) is 0 Å². The van der Waals surface area contributed by atoms with Crippen LogP contribution in [0, 0.1) is 17.6 Å². The maximum Gasteiger partial charge on any atom is 0.417 e. The fourth-order valence-corrected chi connectivity index (χ4v) is 4.15. The topological polar surface area (TPSA) is 115 Å². The fourth-order valence-electron chi connectivity index (χ4n) is 4.15. The zero-order chi connectivity index (χ0) is 25.5. The van der Waals surface area contributed by atoms with E-state index in [1.54, 1.807) is 0 Å². The zero-order valence-corrected chi connectivity index (χ0v) is 18.5. The van der Waals surface area contributed by atoms with Gasteiger partial charge in [0.25, 0.3) is 5.91 Å². The number of nitrogens with one attached hydrogen (secondary N) is 2. The van der Waals surface area contributed by atoms with E-state index < -0.39 is 53.0 Å². The number of carbonyl (C=O) groups is 1. The lowest BCUT2D eigenvalue weighted by atomic mass is 9.77. The number of aromatic amines is 1. The Labute approximate surface area is 195 Å². The predicted octanol–water partition coefficient (Wildman–Crippen LogP) is 3.63. The number of halogens is 5. The highest BCUT2D eigenvalue weighted by atomic mass is 19.4. The van der Waals surface area contributed by atoms with E-state index in [2.05, 4.69) is 30.9 Å². The second-order valence-electron chi connectivity index (χ2n) is 8.10.